The van der Waals surface area contributed by atoms with Crippen molar-refractivity contribution >= 4 is 23.2 Å². The maximum atomic E-state index is 12.3. The van der Waals surface area contributed by atoms with Gasteiger partial charge in [0.2, 0.25) is 0 Å². The molecule has 1 aliphatic heterocycles. The molecule has 0 fully saturated rings. The predicted octanol–water partition coefficient (Wildman–Crippen LogP) is 4.85. The van der Waals surface area contributed by atoms with Gasteiger partial charge >= 0.3 is 0 Å². The van der Waals surface area contributed by atoms with E-state index >= 15 is 0 Å². The molecule has 3 aromatic carbocycles. The van der Waals surface area contributed by atoms with Crippen molar-refractivity contribution < 1.29 is 9.53 Å². The first kappa shape index (κ1) is 15.2. The lowest BCUT2D eigenvalue weighted by Gasteiger charge is -2.10. The summed E-state index contributed by atoms with van der Waals surface area (Å²) in [5, 5.41) is 2.90. The summed E-state index contributed by atoms with van der Waals surface area (Å²) in [4.78, 5) is 12.3. The average Bonchev–Trinajstić information content (AvgIpc) is 2.98. The maximum Gasteiger partial charge on any atom is 0.256 e. The fraction of sp³-hybridized carbons (Fsp3) is 0.0455. The highest BCUT2D eigenvalue weighted by molar-refractivity contribution is 6.34. The molecule has 0 aromatic heterocycles. The molecule has 0 bridgehead atoms. The number of hydrogen-bond donors (Lipinski definition) is 1. The molecule has 0 atom stereocenters. The highest BCUT2D eigenvalue weighted by Crippen LogP contribution is 2.35. The van der Waals surface area contributed by atoms with Gasteiger partial charge in [0.15, 0.2) is 0 Å². The Morgan fingerprint density at radius 3 is 2.44 bits per heavy atom. The van der Waals surface area contributed by atoms with Gasteiger partial charge in [-0.3, -0.25) is 4.79 Å². The number of hydrogen-bond acceptors (Lipinski definition) is 2. The Hall–Kier alpha value is -3.33. The van der Waals surface area contributed by atoms with Gasteiger partial charge in [0.1, 0.15) is 5.75 Å². The molecule has 4 rings (SSSR count). The minimum absolute atomic E-state index is 0.0710. The van der Waals surface area contributed by atoms with Gasteiger partial charge < -0.3 is 10.1 Å². The summed E-state index contributed by atoms with van der Waals surface area (Å²) in [5.41, 5.74) is 5.52. The fourth-order valence-electron chi connectivity index (χ4n) is 3.11. The van der Waals surface area contributed by atoms with Gasteiger partial charge in [0.25, 0.3) is 5.91 Å². The highest BCUT2D eigenvalue weighted by atomic mass is 16.5. The van der Waals surface area contributed by atoms with E-state index in [9.17, 15) is 4.79 Å². The number of para-hydroxylation sites is 1. The molecule has 1 aliphatic rings. The van der Waals surface area contributed by atoms with E-state index in [4.69, 9.17) is 4.74 Å². The molecule has 3 aromatic rings. The van der Waals surface area contributed by atoms with E-state index in [0.717, 1.165) is 33.7 Å². The zero-order valence-corrected chi connectivity index (χ0v) is 13.8. The van der Waals surface area contributed by atoms with Gasteiger partial charge in [-0.1, -0.05) is 54.6 Å². The Balaban J connectivity index is 1.81. The first-order valence-electron chi connectivity index (χ1n) is 8.12. The van der Waals surface area contributed by atoms with E-state index in [0.29, 0.717) is 5.57 Å². The third-order valence-corrected chi connectivity index (χ3v) is 4.33. The van der Waals surface area contributed by atoms with E-state index in [1.807, 2.05) is 72.8 Å². The quantitative estimate of drug-likeness (QED) is 0.698. The van der Waals surface area contributed by atoms with Crippen molar-refractivity contribution in [2.45, 2.75) is 0 Å². The van der Waals surface area contributed by atoms with Gasteiger partial charge in [0, 0.05) is 22.4 Å². The molecular formula is C22H17NO2. The van der Waals surface area contributed by atoms with E-state index in [1.54, 1.807) is 7.11 Å². The Kier molecular flexibility index (Phi) is 3.82. The molecule has 3 nitrogen and oxygen atoms in total. The zero-order valence-electron chi connectivity index (χ0n) is 13.8. The van der Waals surface area contributed by atoms with Crippen molar-refractivity contribution in [1.82, 2.24) is 0 Å². The second kappa shape index (κ2) is 6.29. The fourth-order valence-corrected chi connectivity index (χ4v) is 3.11. The molecule has 0 radical (unpaired) electrons. The smallest absolute Gasteiger partial charge is 0.256 e. The van der Waals surface area contributed by atoms with Crippen LogP contribution in [0.5, 0.6) is 5.75 Å². The monoisotopic (exact) mass is 327 g/mol. The van der Waals surface area contributed by atoms with Crippen LogP contribution in [0.3, 0.4) is 0 Å². The Bertz CT molecular complexity index is 974. The van der Waals surface area contributed by atoms with Crippen LogP contribution in [0, 0.1) is 0 Å². The van der Waals surface area contributed by atoms with Crippen molar-refractivity contribution in [2.24, 2.45) is 0 Å². The van der Waals surface area contributed by atoms with Crippen LogP contribution < -0.4 is 10.1 Å². The Morgan fingerprint density at radius 1 is 0.880 bits per heavy atom. The van der Waals surface area contributed by atoms with Crippen molar-refractivity contribution in [1.29, 1.82) is 0 Å². The number of benzene rings is 3. The normalized spacial score (nSPS) is 14.3. The minimum atomic E-state index is -0.0710. The third-order valence-electron chi connectivity index (χ3n) is 4.33. The summed E-state index contributed by atoms with van der Waals surface area (Å²) in [6.45, 7) is 0. The molecule has 1 heterocycles. The summed E-state index contributed by atoms with van der Waals surface area (Å²) >= 11 is 0. The van der Waals surface area contributed by atoms with Crippen molar-refractivity contribution in [3.63, 3.8) is 0 Å². The summed E-state index contributed by atoms with van der Waals surface area (Å²) in [6, 6.07) is 23.8. The summed E-state index contributed by atoms with van der Waals surface area (Å²) in [7, 11) is 1.67. The molecule has 3 heteroatoms. The number of ether oxygens (including phenoxy) is 1. The number of carbonyl (C=O) groups excluding carboxylic acids is 1. The zero-order chi connectivity index (χ0) is 17.2. The lowest BCUT2D eigenvalue weighted by molar-refractivity contribution is -0.110. The van der Waals surface area contributed by atoms with E-state index in [-0.39, 0.29) is 5.91 Å². The molecule has 1 N–H and O–H groups in total. The Labute approximate surface area is 146 Å². The second-order valence-electron chi connectivity index (χ2n) is 5.88. The standard InChI is InChI=1S/C22H17NO2/c1-25-21-12-11-15(13-18(21)16-7-3-2-4-8-16)14-19-17-9-5-6-10-20(17)23-22(19)24/h2-14H,1H3,(H,23,24)/b19-14+. The third kappa shape index (κ3) is 2.81. The van der Waals surface area contributed by atoms with Crippen LogP contribution in [0.1, 0.15) is 11.1 Å². The predicted molar refractivity (Wildman–Crippen MR) is 101 cm³/mol. The van der Waals surface area contributed by atoms with Crippen molar-refractivity contribution in [3.8, 4) is 16.9 Å². The van der Waals surface area contributed by atoms with Gasteiger partial charge in [-0.2, -0.15) is 0 Å². The van der Waals surface area contributed by atoms with E-state index in [2.05, 4.69) is 11.4 Å². The number of carbonyl (C=O) groups is 1. The topological polar surface area (TPSA) is 38.3 Å². The van der Waals surface area contributed by atoms with Crippen LogP contribution in [0.15, 0.2) is 72.8 Å². The van der Waals surface area contributed by atoms with E-state index < -0.39 is 0 Å². The molecule has 122 valence electrons. The number of nitrogens with one attached hydrogen (secondary N) is 1. The first-order chi connectivity index (χ1) is 12.3. The second-order valence-corrected chi connectivity index (χ2v) is 5.88. The molecule has 0 saturated heterocycles. The number of fused-ring (bicyclic) bond motifs is 1. The highest BCUT2D eigenvalue weighted by Gasteiger charge is 2.23. The molecule has 25 heavy (non-hydrogen) atoms. The van der Waals surface area contributed by atoms with Gasteiger partial charge in [-0.25, -0.2) is 0 Å². The number of rotatable bonds is 3. The Morgan fingerprint density at radius 2 is 1.64 bits per heavy atom. The molecular weight excluding hydrogens is 310 g/mol. The molecule has 0 unspecified atom stereocenters. The van der Waals surface area contributed by atoms with E-state index in [1.165, 1.54) is 0 Å². The van der Waals surface area contributed by atoms with Crippen molar-refractivity contribution in [2.75, 3.05) is 12.4 Å². The van der Waals surface area contributed by atoms with Crippen LogP contribution in [-0.4, -0.2) is 13.0 Å². The van der Waals surface area contributed by atoms with Crippen LogP contribution >= 0.6 is 0 Å². The largest absolute Gasteiger partial charge is 0.496 e. The van der Waals surface area contributed by atoms with Crippen LogP contribution in [-0.2, 0) is 4.79 Å². The summed E-state index contributed by atoms with van der Waals surface area (Å²) in [5.74, 6) is 0.739. The van der Waals surface area contributed by atoms with Gasteiger partial charge in [0.05, 0.1) is 7.11 Å². The summed E-state index contributed by atoms with van der Waals surface area (Å²) in [6.07, 6.45) is 1.92. The number of amides is 1. The van der Waals surface area contributed by atoms with Gasteiger partial charge in [-0.05, 0) is 35.4 Å². The molecule has 1 amide bonds. The average molecular weight is 327 g/mol. The molecule has 0 aliphatic carbocycles. The summed E-state index contributed by atoms with van der Waals surface area (Å²) < 4.78 is 5.50. The van der Waals surface area contributed by atoms with Crippen molar-refractivity contribution in [3.05, 3.63) is 83.9 Å². The maximum absolute atomic E-state index is 12.3. The minimum Gasteiger partial charge on any atom is -0.496 e. The lowest BCUT2D eigenvalue weighted by Crippen LogP contribution is -2.03. The van der Waals surface area contributed by atoms with Crippen LogP contribution in [0.2, 0.25) is 0 Å². The van der Waals surface area contributed by atoms with Gasteiger partial charge in [-0.15, -0.1) is 0 Å². The number of methoxy groups -OCH3 is 1. The SMILES string of the molecule is COc1ccc(/C=C2/C(=O)Nc3ccccc32)cc1-c1ccccc1. The molecule has 0 spiro atoms. The lowest BCUT2D eigenvalue weighted by atomic mass is 9.99. The molecule has 0 saturated carbocycles. The van der Waals surface area contributed by atoms with Crippen LogP contribution in [0.4, 0.5) is 5.69 Å². The number of anilines is 1. The van der Waals surface area contributed by atoms with Crippen LogP contribution in [0.25, 0.3) is 22.8 Å². The first-order valence-corrected chi connectivity index (χ1v) is 8.12.